The van der Waals surface area contributed by atoms with Crippen LogP contribution in [0.3, 0.4) is 0 Å². The zero-order chi connectivity index (χ0) is 42.1. The Labute approximate surface area is 360 Å². The van der Waals surface area contributed by atoms with E-state index in [9.17, 15) is 9.59 Å². The molecule has 1 atom stereocenters. The first-order chi connectivity index (χ1) is 28.6. The van der Waals surface area contributed by atoms with E-state index in [1.165, 1.54) is 122 Å². The molecule has 0 aliphatic carbocycles. The lowest BCUT2D eigenvalue weighted by Crippen LogP contribution is -2.30. The predicted molar refractivity (Wildman–Crippen MR) is 251 cm³/mol. The summed E-state index contributed by atoms with van der Waals surface area (Å²) in [6.07, 6.45) is 60.8. The number of rotatable bonds is 45. The van der Waals surface area contributed by atoms with Gasteiger partial charge in [-0.15, -0.1) is 0 Å². The minimum Gasteiger partial charge on any atom is -0.462 e. The molecule has 0 radical (unpaired) electrons. The van der Waals surface area contributed by atoms with Crippen molar-refractivity contribution in [3.8, 4) is 0 Å². The number of esters is 2. The van der Waals surface area contributed by atoms with Gasteiger partial charge in [-0.1, -0.05) is 210 Å². The number of carbonyl (C=O) groups excluding carboxylic acids is 2. The average molecular weight is 811 g/mol. The van der Waals surface area contributed by atoms with Crippen LogP contribution < -0.4 is 0 Å². The standard InChI is InChI=1S/C53H94O5/c1-4-7-10-13-16-19-22-25-26-27-28-30-31-34-37-40-43-46-52(54)57-50-51(49-56-48-45-42-39-36-33-24-21-18-15-12-9-6-3)58-53(55)47-44-41-38-35-32-29-23-20-17-14-11-8-5-2/h7,10,15-16,18-19,25-26,28,30,51H,4-6,8-9,11-14,17,20-24,27,29,31-50H2,1-3H3/b10-7-,18-15-,19-16-,26-25-,30-28-. The quantitative estimate of drug-likeness (QED) is 0.0348. The van der Waals surface area contributed by atoms with Crippen molar-refractivity contribution in [3.63, 3.8) is 0 Å². The van der Waals surface area contributed by atoms with E-state index in [0.29, 0.717) is 19.4 Å². The molecule has 0 saturated heterocycles. The number of carbonyl (C=O) groups is 2. The smallest absolute Gasteiger partial charge is 0.306 e. The average Bonchev–Trinajstić information content (AvgIpc) is 3.22. The second-order valence-electron chi connectivity index (χ2n) is 16.3. The van der Waals surface area contributed by atoms with Crippen LogP contribution >= 0.6 is 0 Å². The molecule has 5 nitrogen and oxygen atoms in total. The summed E-state index contributed by atoms with van der Waals surface area (Å²) in [6, 6.07) is 0. The lowest BCUT2D eigenvalue weighted by molar-refractivity contribution is -0.163. The molecule has 0 aliphatic rings. The Bertz CT molecular complexity index is 1010. The Kier molecular flexibility index (Phi) is 46.9. The topological polar surface area (TPSA) is 61.8 Å². The molecule has 0 spiro atoms. The fourth-order valence-corrected chi connectivity index (χ4v) is 6.83. The van der Waals surface area contributed by atoms with Crippen LogP contribution in [0, 0.1) is 0 Å². The van der Waals surface area contributed by atoms with E-state index in [2.05, 4.69) is 81.5 Å². The molecule has 0 fully saturated rings. The lowest BCUT2D eigenvalue weighted by Gasteiger charge is -2.18. The zero-order valence-corrected chi connectivity index (χ0v) is 38.6. The first kappa shape index (κ1) is 55.6. The van der Waals surface area contributed by atoms with E-state index < -0.39 is 6.10 Å². The van der Waals surface area contributed by atoms with Gasteiger partial charge in [0, 0.05) is 19.4 Å². The Hall–Kier alpha value is -2.40. The number of hydrogen-bond donors (Lipinski definition) is 0. The van der Waals surface area contributed by atoms with E-state index in [1.807, 2.05) is 0 Å². The minimum absolute atomic E-state index is 0.0713. The van der Waals surface area contributed by atoms with Gasteiger partial charge in [0.25, 0.3) is 0 Å². The lowest BCUT2D eigenvalue weighted by atomic mass is 10.0. The van der Waals surface area contributed by atoms with Gasteiger partial charge in [-0.05, 0) is 77.0 Å². The molecule has 0 rings (SSSR count). The molecule has 0 bridgehead atoms. The van der Waals surface area contributed by atoms with Crippen molar-refractivity contribution in [1.82, 2.24) is 0 Å². The molecule has 0 aromatic rings. The van der Waals surface area contributed by atoms with Crippen molar-refractivity contribution < 1.29 is 23.8 Å². The highest BCUT2D eigenvalue weighted by molar-refractivity contribution is 5.70. The molecule has 0 heterocycles. The maximum absolute atomic E-state index is 12.8. The summed E-state index contributed by atoms with van der Waals surface area (Å²) >= 11 is 0. The van der Waals surface area contributed by atoms with Crippen LogP contribution in [0.4, 0.5) is 0 Å². The van der Waals surface area contributed by atoms with Crippen LogP contribution in [-0.4, -0.2) is 37.9 Å². The third kappa shape index (κ3) is 46.3. The Morgan fingerprint density at radius 1 is 0.397 bits per heavy atom. The largest absolute Gasteiger partial charge is 0.462 e. The van der Waals surface area contributed by atoms with Crippen LogP contribution in [0.1, 0.15) is 239 Å². The molecule has 0 aromatic carbocycles. The zero-order valence-electron chi connectivity index (χ0n) is 38.6. The van der Waals surface area contributed by atoms with Crippen LogP contribution in [-0.2, 0) is 23.8 Å². The molecule has 58 heavy (non-hydrogen) atoms. The molecule has 0 aliphatic heterocycles. The SMILES string of the molecule is CC/C=C\C/C=C\C/C=C\C/C=C\CCCCCCC(=O)OCC(COCCCCCCCC/C=C\CCCC)OC(=O)CCCCCCCCCCCCCCC. The van der Waals surface area contributed by atoms with Crippen molar-refractivity contribution >= 4 is 11.9 Å². The fraction of sp³-hybridized carbons (Fsp3) is 0.774. The Morgan fingerprint density at radius 2 is 0.793 bits per heavy atom. The summed E-state index contributed by atoms with van der Waals surface area (Å²) in [4.78, 5) is 25.3. The van der Waals surface area contributed by atoms with Crippen LogP contribution in [0.15, 0.2) is 60.8 Å². The minimum atomic E-state index is -0.546. The number of hydrogen-bond acceptors (Lipinski definition) is 5. The number of allylic oxidation sites excluding steroid dienone is 10. The highest BCUT2D eigenvalue weighted by atomic mass is 16.6. The number of unbranched alkanes of at least 4 members (excludes halogenated alkanes) is 24. The first-order valence-electron chi connectivity index (χ1n) is 24.8. The maximum atomic E-state index is 12.8. The van der Waals surface area contributed by atoms with Gasteiger partial charge in [0.2, 0.25) is 0 Å². The monoisotopic (exact) mass is 811 g/mol. The fourth-order valence-electron chi connectivity index (χ4n) is 6.83. The van der Waals surface area contributed by atoms with Gasteiger partial charge in [-0.25, -0.2) is 0 Å². The van der Waals surface area contributed by atoms with Crippen LogP contribution in [0.2, 0.25) is 0 Å². The highest BCUT2D eigenvalue weighted by Crippen LogP contribution is 2.14. The van der Waals surface area contributed by atoms with E-state index >= 15 is 0 Å². The summed E-state index contributed by atoms with van der Waals surface area (Å²) in [7, 11) is 0. The van der Waals surface area contributed by atoms with Crippen LogP contribution in [0.5, 0.6) is 0 Å². The summed E-state index contributed by atoms with van der Waals surface area (Å²) in [6.45, 7) is 7.66. The third-order valence-corrected chi connectivity index (χ3v) is 10.5. The maximum Gasteiger partial charge on any atom is 0.306 e. The van der Waals surface area contributed by atoms with Gasteiger partial charge < -0.3 is 14.2 Å². The van der Waals surface area contributed by atoms with Crippen molar-refractivity contribution in [3.05, 3.63) is 60.8 Å². The molecule has 0 aromatic heterocycles. The third-order valence-electron chi connectivity index (χ3n) is 10.5. The van der Waals surface area contributed by atoms with Gasteiger partial charge in [0.15, 0.2) is 6.10 Å². The summed E-state index contributed by atoms with van der Waals surface area (Å²) in [5.74, 6) is -0.422. The van der Waals surface area contributed by atoms with E-state index in [1.54, 1.807) is 0 Å². The normalized spacial score (nSPS) is 12.7. The van der Waals surface area contributed by atoms with E-state index in [0.717, 1.165) is 83.5 Å². The van der Waals surface area contributed by atoms with Crippen molar-refractivity contribution in [2.75, 3.05) is 19.8 Å². The Balaban J connectivity index is 4.29. The molecule has 336 valence electrons. The first-order valence-corrected chi connectivity index (χ1v) is 24.8. The molecule has 0 amide bonds. The van der Waals surface area contributed by atoms with Crippen molar-refractivity contribution in [2.45, 2.75) is 245 Å². The summed E-state index contributed by atoms with van der Waals surface area (Å²) in [5, 5.41) is 0. The summed E-state index contributed by atoms with van der Waals surface area (Å²) < 4.78 is 17.3. The predicted octanol–water partition coefficient (Wildman–Crippen LogP) is 16.6. The van der Waals surface area contributed by atoms with E-state index in [4.69, 9.17) is 14.2 Å². The van der Waals surface area contributed by atoms with Gasteiger partial charge in [-0.2, -0.15) is 0 Å². The summed E-state index contributed by atoms with van der Waals surface area (Å²) in [5.41, 5.74) is 0. The van der Waals surface area contributed by atoms with Gasteiger partial charge in [0.05, 0.1) is 6.61 Å². The van der Waals surface area contributed by atoms with Gasteiger partial charge in [0.1, 0.15) is 6.61 Å². The van der Waals surface area contributed by atoms with Crippen molar-refractivity contribution in [2.24, 2.45) is 0 Å². The van der Waals surface area contributed by atoms with E-state index in [-0.39, 0.29) is 25.2 Å². The molecular formula is C53H94O5. The van der Waals surface area contributed by atoms with Crippen LogP contribution in [0.25, 0.3) is 0 Å². The van der Waals surface area contributed by atoms with Gasteiger partial charge in [-0.3, -0.25) is 9.59 Å². The van der Waals surface area contributed by atoms with Gasteiger partial charge >= 0.3 is 11.9 Å². The molecule has 1 unspecified atom stereocenters. The Morgan fingerprint density at radius 3 is 1.31 bits per heavy atom. The molecule has 0 saturated carbocycles. The second kappa shape index (κ2) is 49.0. The molecule has 5 heteroatoms. The second-order valence-corrected chi connectivity index (χ2v) is 16.3. The molecular weight excluding hydrogens is 717 g/mol. The molecule has 0 N–H and O–H groups in total. The highest BCUT2D eigenvalue weighted by Gasteiger charge is 2.17. The van der Waals surface area contributed by atoms with Crippen molar-refractivity contribution in [1.29, 1.82) is 0 Å². The number of ether oxygens (including phenoxy) is 3.